The molecule has 0 radical (unpaired) electrons. The van der Waals surface area contributed by atoms with Gasteiger partial charge in [-0.25, -0.2) is 4.98 Å². The number of thiazole rings is 1. The number of carbonyl (C=O) groups excluding carboxylic acids is 1. The lowest BCUT2D eigenvalue weighted by Gasteiger charge is -2.19. The zero-order valence-corrected chi connectivity index (χ0v) is 14.1. The van der Waals surface area contributed by atoms with Crippen LogP contribution >= 0.6 is 38.6 Å². The van der Waals surface area contributed by atoms with E-state index in [1.165, 1.54) is 0 Å². The lowest BCUT2D eigenvalue weighted by atomic mass is 9.90. The molecule has 0 aliphatic rings. The van der Waals surface area contributed by atoms with Gasteiger partial charge in [-0.2, -0.15) is 0 Å². The van der Waals surface area contributed by atoms with Crippen LogP contribution in [0.5, 0.6) is 0 Å². The van der Waals surface area contributed by atoms with Crippen LogP contribution in [-0.4, -0.2) is 17.6 Å². The number of halogens is 1. The van der Waals surface area contributed by atoms with Crippen LogP contribution in [0, 0.1) is 0 Å². The second kappa shape index (κ2) is 5.73. The largest absolute Gasteiger partial charge is 0.465 e. The van der Waals surface area contributed by atoms with Crippen molar-refractivity contribution in [1.29, 1.82) is 0 Å². The molecule has 3 nitrogen and oxygen atoms in total. The van der Waals surface area contributed by atoms with Crippen molar-refractivity contribution in [2.45, 2.75) is 26.2 Å². The minimum atomic E-state index is -0.709. The molecule has 0 spiro atoms. The predicted octanol–water partition coefficient (Wildman–Crippen LogP) is 4.47. The molecule has 0 aliphatic heterocycles. The number of aromatic nitrogens is 1. The van der Waals surface area contributed by atoms with Gasteiger partial charge in [0.05, 0.1) is 17.2 Å². The Hall–Kier alpha value is -0.720. The number of thiophene rings is 1. The van der Waals surface area contributed by atoms with Crippen molar-refractivity contribution in [3.8, 4) is 9.88 Å². The number of carbonyl (C=O) groups is 1. The highest BCUT2D eigenvalue weighted by molar-refractivity contribution is 9.10. The first-order chi connectivity index (χ1) is 8.95. The van der Waals surface area contributed by atoms with E-state index in [4.69, 9.17) is 4.74 Å². The topological polar surface area (TPSA) is 39.2 Å². The van der Waals surface area contributed by atoms with Crippen LogP contribution in [0.4, 0.5) is 0 Å². The van der Waals surface area contributed by atoms with Crippen molar-refractivity contribution in [3.63, 3.8) is 0 Å². The summed E-state index contributed by atoms with van der Waals surface area (Å²) in [4.78, 5) is 17.6. The number of hydrogen-bond donors (Lipinski definition) is 0. The van der Waals surface area contributed by atoms with Crippen LogP contribution in [0.2, 0.25) is 0 Å². The van der Waals surface area contributed by atoms with Gasteiger partial charge in [0.15, 0.2) is 0 Å². The van der Waals surface area contributed by atoms with E-state index in [1.54, 1.807) is 22.7 Å². The van der Waals surface area contributed by atoms with Crippen molar-refractivity contribution in [2.75, 3.05) is 6.61 Å². The molecule has 0 bridgehead atoms. The van der Waals surface area contributed by atoms with Crippen LogP contribution in [0.15, 0.2) is 21.3 Å². The lowest BCUT2D eigenvalue weighted by molar-refractivity contribution is -0.148. The lowest BCUT2D eigenvalue weighted by Crippen LogP contribution is -2.31. The zero-order valence-electron chi connectivity index (χ0n) is 10.9. The molecule has 2 aromatic rings. The molecule has 2 rings (SSSR count). The fourth-order valence-corrected chi connectivity index (χ4v) is 4.01. The molecule has 0 atom stereocenters. The van der Waals surface area contributed by atoms with E-state index < -0.39 is 5.41 Å². The molecule has 0 saturated heterocycles. The molecule has 2 heterocycles. The summed E-state index contributed by atoms with van der Waals surface area (Å²) in [5.74, 6) is -0.237. The third kappa shape index (κ3) is 3.07. The quantitative estimate of drug-likeness (QED) is 0.755. The Morgan fingerprint density at radius 1 is 1.42 bits per heavy atom. The van der Waals surface area contributed by atoms with E-state index in [0.717, 1.165) is 20.1 Å². The Morgan fingerprint density at radius 3 is 2.74 bits per heavy atom. The summed E-state index contributed by atoms with van der Waals surface area (Å²) in [6.07, 6.45) is 0. The van der Waals surface area contributed by atoms with Gasteiger partial charge in [0.1, 0.15) is 10.4 Å². The first-order valence-corrected chi connectivity index (χ1v) is 8.38. The van der Waals surface area contributed by atoms with Gasteiger partial charge >= 0.3 is 5.97 Å². The second-order valence-electron chi connectivity index (χ2n) is 4.51. The highest BCUT2D eigenvalue weighted by Crippen LogP contribution is 2.35. The smallest absolute Gasteiger partial charge is 0.317 e. The van der Waals surface area contributed by atoms with Crippen molar-refractivity contribution in [1.82, 2.24) is 4.98 Å². The van der Waals surface area contributed by atoms with E-state index >= 15 is 0 Å². The molecule has 19 heavy (non-hydrogen) atoms. The summed E-state index contributed by atoms with van der Waals surface area (Å²) in [5, 5.41) is 4.88. The van der Waals surface area contributed by atoms with Gasteiger partial charge in [-0.3, -0.25) is 4.79 Å². The normalized spacial score (nSPS) is 11.6. The average molecular weight is 360 g/mol. The highest BCUT2D eigenvalue weighted by Gasteiger charge is 2.34. The van der Waals surface area contributed by atoms with E-state index in [9.17, 15) is 4.79 Å². The summed E-state index contributed by atoms with van der Waals surface area (Å²) in [7, 11) is 0. The van der Waals surface area contributed by atoms with E-state index in [1.807, 2.05) is 37.6 Å². The van der Waals surface area contributed by atoms with Gasteiger partial charge < -0.3 is 4.74 Å². The molecule has 0 fully saturated rings. The Bertz CT molecular complexity index is 589. The van der Waals surface area contributed by atoms with Crippen molar-refractivity contribution in [2.24, 2.45) is 0 Å². The van der Waals surface area contributed by atoms with Crippen molar-refractivity contribution >= 4 is 44.6 Å². The summed E-state index contributed by atoms with van der Waals surface area (Å²) >= 11 is 6.61. The Kier molecular flexibility index (Phi) is 4.43. The highest BCUT2D eigenvalue weighted by atomic mass is 79.9. The maximum atomic E-state index is 12.0. The average Bonchev–Trinajstić information content (AvgIpc) is 2.97. The van der Waals surface area contributed by atoms with E-state index in [0.29, 0.717) is 6.61 Å². The molecular formula is C13H14BrNO2S2. The Labute approximate surface area is 128 Å². The number of hydrogen-bond acceptors (Lipinski definition) is 5. The minimum Gasteiger partial charge on any atom is -0.465 e. The van der Waals surface area contributed by atoms with Crippen LogP contribution in [-0.2, 0) is 14.9 Å². The van der Waals surface area contributed by atoms with Crippen LogP contribution < -0.4 is 0 Å². The first kappa shape index (κ1) is 14.7. The summed E-state index contributed by atoms with van der Waals surface area (Å²) < 4.78 is 6.15. The molecule has 2 aromatic heterocycles. The molecule has 0 aliphatic carbocycles. The minimum absolute atomic E-state index is 0.237. The monoisotopic (exact) mass is 359 g/mol. The van der Waals surface area contributed by atoms with Gasteiger partial charge in [-0.15, -0.1) is 22.7 Å². The van der Waals surface area contributed by atoms with Crippen LogP contribution in [0.1, 0.15) is 26.5 Å². The van der Waals surface area contributed by atoms with Crippen LogP contribution in [0.3, 0.4) is 0 Å². The van der Waals surface area contributed by atoms with Crippen molar-refractivity contribution in [3.05, 3.63) is 27.0 Å². The number of esters is 1. The predicted molar refractivity (Wildman–Crippen MR) is 82.8 cm³/mol. The van der Waals surface area contributed by atoms with Crippen molar-refractivity contribution < 1.29 is 9.53 Å². The molecular weight excluding hydrogens is 346 g/mol. The molecule has 102 valence electrons. The molecule has 0 aromatic carbocycles. The number of nitrogens with zero attached hydrogens (tertiary/aromatic N) is 1. The molecule has 6 heteroatoms. The summed E-state index contributed by atoms with van der Waals surface area (Å²) in [5.41, 5.74) is 0.0506. The maximum Gasteiger partial charge on any atom is 0.317 e. The molecule has 0 unspecified atom stereocenters. The van der Waals surface area contributed by atoms with Gasteiger partial charge in [0.2, 0.25) is 0 Å². The Balaban J connectivity index is 2.28. The second-order valence-corrected chi connectivity index (χ2v) is 7.20. The number of rotatable bonds is 4. The third-order valence-electron chi connectivity index (χ3n) is 2.71. The van der Waals surface area contributed by atoms with Gasteiger partial charge in [-0.05, 0) is 42.8 Å². The zero-order chi connectivity index (χ0) is 14.0. The molecule has 0 amide bonds. The third-order valence-corrected chi connectivity index (χ3v) is 5.41. The SMILES string of the molecule is CCOC(=O)C(C)(C)c1csc(-c2cc(Br)cs2)n1. The van der Waals surface area contributed by atoms with Crippen LogP contribution in [0.25, 0.3) is 9.88 Å². The van der Waals surface area contributed by atoms with E-state index in [2.05, 4.69) is 20.9 Å². The first-order valence-electron chi connectivity index (χ1n) is 5.82. The van der Waals surface area contributed by atoms with Gasteiger partial charge in [0, 0.05) is 15.2 Å². The fourth-order valence-electron chi connectivity index (χ4n) is 1.52. The summed E-state index contributed by atoms with van der Waals surface area (Å²) in [6, 6.07) is 2.03. The van der Waals surface area contributed by atoms with Gasteiger partial charge in [0.25, 0.3) is 0 Å². The maximum absolute atomic E-state index is 12.0. The fraction of sp³-hybridized carbons (Fsp3) is 0.385. The molecule has 0 saturated carbocycles. The standard InChI is InChI=1S/C13H14BrNO2S2/c1-4-17-12(16)13(2,3)10-7-19-11(15-10)9-5-8(14)6-18-9/h5-7H,4H2,1-3H3. The summed E-state index contributed by atoms with van der Waals surface area (Å²) in [6.45, 7) is 5.88. The molecule has 0 N–H and O–H groups in total. The van der Waals surface area contributed by atoms with Gasteiger partial charge in [-0.1, -0.05) is 0 Å². The Morgan fingerprint density at radius 2 is 2.16 bits per heavy atom. The number of ether oxygens (including phenoxy) is 1. The van der Waals surface area contributed by atoms with E-state index in [-0.39, 0.29) is 5.97 Å².